The first-order chi connectivity index (χ1) is 12.7. The SMILES string of the molecule is N#Cc1c(N)cc(-c2nccs2)nc1-c1cc(Cl)cc(N2CCCC2)n1. The van der Waals surface area contributed by atoms with Crippen LogP contribution in [0.4, 0.5) is 11.5 Å². The molecule has 130 valence electrons. The molecule has 3 aromatic heterocycles. The van der Waals surface area contributed by atoms with Crippen LogP contribution in [-0.4, -0.2) is 28.0 Å². The largest absolute Gasteiger partial charge is 0.398 e. The normalized spacial score (nSPS) is 13.8. The van der Waals surface area contributed by atoms with Crippen LogP contribution in [0.25, 0.3) is 22.1 Å². The van der Waals surface area contributed by atoms with Crippen molar-refractivity contribution in [2.24, 2.45) is 0 Å². The Morgan fingerprint density at radius 1 is 1.15 bits per heavy atom. The average Bonchev–Trinajstić information content (AvgIpc) is 3.34. The van der Waals surface area contributed by atoms with Gasteiger partial charge in [-0.2, -0.15) is 5.26 Å². The summed E-state index contributed by atoms with van der Waals surface area (Å²) < 4.78 is 0. The van der Waals surface area contributed by atoms with Gasteiger partial charge in [-0.15, -0.1) is 11.3 Å². The van der Waals surface area contributed by atoms with E-state index in [2.05, 4.69) is 20.9 Å². The maximum Gasteiger partial charge on any atom is 0.141 e. The molecule has 0 unspecified atom stereocenters. The zero-order valence-electron chi connectivity index (χ0n) is 13.8. The van der Waals surface area contributed by atoms with E-state index in [4.69, 9.17) is 22.3 Å². The molecule has 0 saturated carbocycles. The molecule has 26 heavy (non-hydrogen) atoms. The number of hydrogen-bond donors (Lipinski definition) is 1. The molecule has 1 aliphatic rings. The van der Waals surface area contributed by atoms with Gasteiger partial charge in [-0.25, -0.2) is 15.0 Å². The zero-order chi connectivity index (χ0) is 18.1. The summed E-state index contributed by atoms with van der Waals surface area (Å²) in [4.78, 5) is 15.8. The topological polar surface area (TPSA) is 91.7 Å². The lowest BCUT2D eigenvalue weighted by Crippen LogP contribution is -2.19. The van der Waals surface area contributed by atoms with Crippen molar-refractivity contribution in [1.29, 1.82) is 5.26 Å². The number of pyridine rings is 2. The van der Waals surface area contributed by atoms with Gasteiger partial charge in [0.25, 0.3) is 0 Å². The number of nitrogen functional groups attached to an aromatic ring is 1. The van der Waals surface area contributed by atoms with Crippen molar-refractivity contribution in [1.82, 2.24) is 15.0 Å². The van der Waals surface area contributed by atoms with Gasteiger partial charge in [-0.05, 0) is 31.0 Å². The second-order valence-corrected chi connectivity index (χ2v) is 7.32. The quantitative estimate of drug-likeness (QED) is 0.736. The van der Waals surface area contributed by atoms with Crippen molar-refractivity contribution >= 4 is 34.4 Å². The smallest absolute Gasteiger partial charge is 0.141 e. The van der Waals surface area contributed by atoms with Crippen molar-refractivity contribution in [3.05, 3.63) is 40.4 Å². The van der Waals surface area contributed by atoms with E-state index in [1.165, 1.54) is 11.3 Å². The fourth-order valence-corrected chi connectivity index (χ4v) is 3.84. The first kappa shape index (κ1) is 16.8. The monoisotopic (exact) mass is 382 g/mol. The van der Waals surface area contributed by atoms with Crippen LogP contribution < -0.4 is 10.6 Å². The number of nitrogens with two attached hydrogens (primary N) is 1. The van der Waals surface area contributed by atoms with Gasteiger partial charge in [-0.3, -0.25) is 0 Å². The number of hydrogen-bond acceptors (Lipinski definition) is 7. The van der Waals surface area contributed by atoms with Gasteiger partial charge in [0.1, 0.15) is 33.8 Å². The summed E-state index contributed by atoms with van der Waals surface area (Å²) in [6.07, 6.45) is 3.98. The summed E-state index contributed by atoms with van der Waals surface area (Å²) in [6, 6.07) is 7.38. The average molecular weight is 383 g/mol. The number of halogens is 1. The Hall–Kier alpha value is -2.69. The summed E-state index contributed by atoms with van der Waals surface area (Å²) >= 11 is 7.80. The van der Waals surface area contributed by atoms with Crippen LogP contribution in [0.15, 0.2) is 29.8 Å². The molecule has 0 aliphatic carbocycles. The van der Waals surface area contributed by atoms with E-state index in [1.807, 2.05) is 11.4 Å². The van der Waals surface area contributed by atoms with Crippen molar-refractivity contribution < 1.29 is 0 Å². The van der Waals surface area contributed by atoms with Crippen LogP contribution in [-0.2, 0) is 0 Å². The minimum absolute atomic E-state index is 0.299. The third kappa shape index (κ3) is 3.09. The first-order valence-corrected chi connectivity index (χ1v) is 9.45. The van der Waals surface area contributed by atoms with E-state index < -0.39 is 0 Å². The third-order valence-corrected chi connectivity index (χ3v) is 5.28. The molecule has 0 amide bonds. The molecule has 0 bridgehead atoms. The summed E-state index contributed by atoms with van der Waals surface area (Å²) in [5.74, 6) is 0.800. The van der Waals surface area contributed by atoms with E-state index in [0.717, 1.165) is 36.8 Å². The lowest BCUT2D eigenvalue weighted by atomic mass is 10.1. The van der Waals surface area contributed by atoms with Crippen molar-refractivity contribution in [2.45, 2.75) is 12.8 Å². The molecule has 2 N–H and O–H groups in total. The maximum atomic E-state index is 9.58. The van der Waals surface area contributed by atoms with Gasteiger partial charge in [0.15, 0.2) is 0 Å². The van der Waals surface area contributed by atoms with Crippen molar-refractivity contribution in [2.75, 3.05) is 23.7 Å². The molecule has 8 heteroatoms. The standard InChI is InChI=1S/C18H15ClN6S/c19-11-7-14(23-16(8-11)25-4-1-2-5-25)17-12(10-20)13(21)9-15(24-17)18-22-3-6-26-18/h3,6-9H,1-2,4-5H2,(H2,21,24). The Balaban J connectivity index is 1.88. The van der Waals surface area contributed by atoms with Crippen LogP contribution in [0, 0.1) is 11.3 Å². The van der Waals surface area contributed by atoms with Crippen molar-refractivity contribution in [3.63, 3.8) is 0 Å². The number of rotatable bonds is 3. The van der Waals surface area contributed by atoms with Crippen LogP contribution >= 0.6 is 22.9 Å². The molecule has 1 saturated heterocycles. The Morgan fingerprint density at radius 2 is 1.96 bits per heavy atom. The number of aromatic nitrogens is 3. The van der Waals surface area contributed by atoms with E-state index in [-0.39, 0.29) is 0 Å². The van der Waals surface area contributed by atoms with Gasteiger partial charge in [-0.1, -0.05) is 11.6 Å². The lowest BCUT2D eigenvalue weighted by molar-refractivity contribution is 0.938. The molecule has 1 fully saturated rings. The second-order valence-electron chi connectivity index (χ2n) is 5.99. The zero-order valence-corrected chi connectivity index (χ0v) is 15.4. The Kier molecular flexibility index (Phi) is 4.45. The van der Waals surface area contributed by atoms with E-state index in [1.54, 1.807) is 18.3 Å². The van der Waals surface area contributed by atoms with Gasteiger partial charge < -0.3 is 10.6 Å². The molecule has 3 aromatic rings. The highest BCUT2D eigenvalue weighted by atomic mass is 35.5. The van der Waals surface area contributed by atoms with E-state index in [0.29, 0.717) is 33.4 Å². The number of thiazole rings is 1. The van der Waals surface area contributed by atoms with Crippen LogP contribution in [0.2, 0.25) is 5.02 Å². The molecule has 1 aliphatic heterocycles. The predicted octanol–water partition coefficient (Wildman–Crippen LogP) is 3.97. The number of nitrogens with zero attached hydrogens (tertiary/aromatic N) is 5. The maximum absolute atomic E-state index is 9.58. The van der Waals surface area contributed by atoms with Gasteiger partial charge in [0, 0.05) is 29.7 Å². The molecular formula is C18H15ClN6S. The second kappa shape index (κ2) is 6.90. The minimum atomic E-state index is 0.299. The Morgan fingerprint density at radius 3 is 2.65 bits per heavy atom. The Labute approximate surface area is 159 Å². The Bertz CT molecular complexity index is 990. The minimum Gasteiger partial charge on any atom is -0.398 e. The fraction of sp³-hybridized carbons (Fsp3) is 0.222. The van der Waals surface area contributed by atoms with Gasteiger partial charge >= 0.3 is 0 Å². The van der Waals surface area contributed by atoms with Crippen LogP contribution in [0.1, 0.15) is 18.4 Å². The third-order valence-electron chi connectivity index (χ3n) is 4.26. The highest BCUT2D eigenvalue weighted by Crippen LogP contribution is 2.33. The fourth-order valence-electron chi connectivity index (χ4n) is 3.04. The molecule has 4 heterocycles. The summed E-state index contributed by atoms with van der Waals surface area (Å²) in [6.45, 7) is 1.90. The molecule has 0 radical (unpaired) electrons. The highest BCUT2D eigenvalue weighted by Gasteiger charge is 2.19. The summed E-state index contributed by atoms with van der Waals surface area (Å²) in [7, 11) is 0. The molecular weight excluding hydrogens is 368 g/mol. The molecule has 6 nitrogen and oxygen atoms in total. The highest BCUT2D eigenvalue weighted by molar-refractivity contribution is 7.13. The summed E-state index contributed by atoms with van der Waals surface area (Å²) in [5.41, 5.74) is 8.37. The molecule has 0 atom stereocenters. The van der Waals surface area contributed by atoms with Crippen LogP contribution in [0.5, 0.6) is 0 Å². The molecule has 0 spiro atoms. The van der Waals surface area contributed by atoms with Crippen LogP contribution in [0.3, 0.4) is 0 Å². The number of nitriles is 1. The van der Waals surface area contributed by atoms with E-state index in [9.17, 15) is 5.26 Å². The predicted molar refractivity (Wildman–Crippen MR) is 104 cm³/mol. The molecule has 4 rings (SSSR count). The van der Waals surface area contributed by atoms with E-state index >= 15 is 0 Å². The first-order valence-electron chi connectivity index (χ1n) is 8.19. The molecule has 0 aromatic carbocycles. The number of anilines is 2. The summed E-state index contributed by atoms with van der Waals surface area (Å²) in [5, 5.41) is 12.7. The van der Waals surface area contributed by atoms with Gasteiger partial charge in [0.2, 0.25) is 0 Å². The van der Waals surface area contributed by atoms with Gasteiger partial charge in [0.05, 0.1) is 11.4 Å². The van der Waals surface area contributed by atoms with Crippen molar-refractivity contribution in [3.8, 4) is 28.2 Å². The lowest BCUT2D eigenvalue weighted by Gasteiger charge is -2.18.